The van der Waals surface area contributed by atoms with Crippen LogP contribution in [-0.4, -0.2) is 13.1 Å². The van der Waals surface area contributed by atoms with Crippen LogP contribution in [0.15, 0.2) is 24.3 Å². The molecule has 0 aliphatic carbocycles. The Morgan fingerprint density at radius 3 is 2.93 bits per heavy atom. The number of hydrogen-bond acceptors (Lipinski definition) is 3. The summed E-state index contributed by atoms with van der Waals surface area (Å²) >= 11 is 0. The van der Waals surface area contributed by atoms with Gasteiger partial charge >= 0.3 is 5.97 Å². The van der Waals surface area contributed by atoms with Gasteiger partial charge in [-0.15, -0.1) is 0 Å². The van der Waals surface area contributed by atoms with Gasteiger partial charge in [-0.1, -0.05) is 6.07 Å². The minimum absolute atomic E-state index is 0.176. The monoisotopic (exact) mass is 205 g/mol. The molecule has 0 heterocycles. The first-order valence-corrected chi connectivity index (χ1v) is 4.13. The van der Waals surface area contributed by atoms with Crippen molar-refractivity contribution in [2.24, 2.45) is 0 Å². The van der Waals surface area contributed by atoms with E-state index in [2.05, 4.69) is 4.74 Å². The van der Waals surface area contributed by atoms with Gasteiger partial charge in [0.2, 0.25) is 0 Å². The van der Waals surface area contributed by atoms with E-state index in [9.17, 15) is 9.18 Å². The third-order valence-corrected chi connectivity index (χ3v) is 1.74. The molecule has 1 rings (SSSR count). The summed E-state index contributed by atoms with van der Waals surface area (Å²) in [6.07, 6.45) is 2.58. The lowest BCUT2D eigenvalue weighted by Gasteiger charge is -1.97. The molecule has 1 aromatic carbocycles. The molecule has 0 N–H and O–H groups in total. The Kier molecular flexibility index (Phi) is 3.58. The van der Waals surface area contributed by atoms with Crippen LogP contribution in [0, 0.1) is 17.1 Å². The van der Waals surface area contributed by atoms with Crippen LogP contribution < -0.4 is 0 Å². The number of esters is 1. The molecule has 0 radical (unpaired) electrons. The standard InChI is InChI=1S/C11H8FNO2/c1-15-11(14)5-3-8-2-4-10(12)6-9(8)7-13/h2-6H,1H3. The lowest BCUT2D eigenvalue weighted by atomic mass is 10.1. The number of nitriles is 1. The molecule has 0 aliphatic rings. The lowest BCUT2D eigenvalue weighted by molar-refractivity contribution is -0.134. The second-order valence-corrected chi connectivity index (χ2v) is 2.70. The van der Waals surface area contributed by atoms with Crippen molar-refractivity contribution in [3.05, 3.63) is 41.2 Å². The summed E-state index contributed by atoms with van der Waals surface area (Å²) in [7, 11) is 1.25. The molecule has 3 nitrogen and oxygen atoms in total. The molecule has 0 fully saturated rings. The summed E-state index contributed by atoms with van der Waals surface area (Å²) < 4.78 is 17.1. The molecule has 0 aliphatic heterocycles. The summed E-state index contributed by atoms with van der Waals surface area (Å²) in [6, 6.07) is 5.59. The quantitative estimate of drug-likeness (QED) is 0.547. The molecule has 0 saturated heterocycles. The number of halogens is 1. The van der Waals surface area contributed by atoms with Gasteiger partial charge in [-0.05, 0) is 23.8 Å². The molecule has 0 aromatic heterocycles. The lowest BCUT2D eigenvalue weighted by Crippen LogP contribution is -1.94. The number of carbonyl (C=O) groups is 1. The SMILES string of the molecule is COC(=O)C=Cc1ccc(F)cc1C#N. The van der Waals surface area contributed by atoms with Crippen LogP contribution in [0.5, 0.6) is 0 Å². The first kappa shape index (κ1) is 10.9. The molecule has 1 aromatic rings. The van der Waals surface area contributed by atoms with Crippen LogP contribution in [0.1, 0.15) is 11.1 Å². The molecule has 76 valence electrons. The number of benzene rings is 1. The van der Waals surface area contributed by atoms with Crippen molar-refractivity contribution in [2.75, 3.05) is 7.11 Å². The van der Waals surface area contributed by atoms with Crippen LogP contribution >= 0.6 is 0 Å². The second kappa shape index (κ2) is 4.91. The average Bonchev–Trinajstić information content (AvgIpc) is 2.26. The molecule has 15 heavy (non-hydrogen) atoms. The number of nitrogens with zero attached hydrogens (tertiary/aromatic N) is 1. The molecule has 0 bridgehead atoms. The fraction of sp³-hybridized carbons (Fsp3) is 0.0909. The highest BCUT2D eigenvalue weighted by Crippen LogP contribution is 2.11. The Bertz CT molecular complexity index is 446. The van der Waals surface area contributed by atoms with Gasteiger partial charge in [0.1, 0.15) is 5.82 Å². The van der Waals surface area contributed by atoms with Crippen LogP contribution in [-0.2, 0) is 9.53 Å². The normalized spacial score (nSPS) is 9.93. The van der Waals surface area contributed by atoms with E-state index in [1.807, 2.05) is 6.07 Å². The van der Waals surface area contributed by atoms with Gasteiger partial charge in [0.15, 0.2) is 0 Å². The van der Waals surface area contributed by atoms with Crippen molar-refractivity contribution in [3.8, 4) is 6.07 Å². The zero-order valence-corrected chi connectivity index (χ0v) is 8.03. The molecular weight excluding hydrogens is 197 g/mol. The third kappa shape index (κ3) is 2.92. The summed E-state index contributed by atoms with van der Waals surface area (Å²) in [4.78, 5) is 10.8. The summed E-state index contributed by atoms with van der Waals surface area (Å²) in [6.45, 7) is 0. The van der Waals surface area contributed by atoms with Crippen molar-refractivity contribution in [2.45, 2.75) is 0 Å². The number of ether oxygens (including phenoxy) is 1. The Labute approximate surface area is 86.4 Å². The molecule has 0 saturated carbocycles. The first-order chi connectivity index (χ1) is 7.17. The van der Waals surface area contributed by atoms with Gasteiger partial charge in [-0.25, -0.2) is 9.18 Å². The van der Waals surface area contributed by atoms with E-state index in [1.54, 1.807) is 0 Å². The van der Waals surface area contributed by atoms with Crippen molar-refractivity contribution >= 4 is 12.0 Å². The van der Waals surface area contributed by atoms with Crippen LogP contribution in [0.25, 0.3) is 6.08 Å². The highest BCUT2D eigenvalue weighted by atomic mass is 19.1. The molecule has 0 unspecified atom stereocenters. The molecule has 0 amide bonds. The molecular formula is C11H8FNO2. The van der Waals surface area contributed by atoms with E-state index in [1.165, 1.54) is 31.4 Å². The smallest absolute Gasteiger partial charge is 0.330 e. The minimum Gasteiger partial charge on any atom is -0.466 e. The van der Waals surface area contributed by atoms with Crippen molar-refractivity contribution in [1.82, 2.24) is 0 Å². The van der Waals surface area contributed by atoms with Gasteiger partial charge in [0, 0.05) is 6.08 Å². The number of carbonyl (C=O) groups excluding carboxylic acids is 1. The summed E-state index contributed by atoms with van der Waals surface area (Å²) in [5.41, 5.74) is 0.652. The topological polar surface area (TPSA) is 50.1 Å². The van der Waals surface area contributed by atoms with Crippen LogP contribution in [0.2, 0.25) is 0 Å². The summed E-state index contributed by atoms with van der Waals surface area (Å²) in [5, 5.41) is 8.70. The van der Waals surface area contributed by atoms with Crippen LogP contribution in [0.4, 0.5) is 4.39 Å². The van der Waals surface area contributed by atoms with Crippen molar-refractivity contribution in [1.29, 1.82) is 5.26 Å². The number of rotatable bonds is 2. The van der Waals surface area contributed by atoms with Crippen molar-refractivity contribution in [3.63, 3.8) is 0 Å². The predicted octanol–water partition coefficient (Wildman–Crippen LogP) is 1.88. The maximum atomic E-state index is 12.7. The van der Waals surface area contributed by atoms with Gasteiger partial charge in [-0.3, -0.25) is 0 Å². The van der Waals surface area contributed by atoms with Gasteiger partial charge in [0.05, 0.1) is 18.7 Å². The van der Waals surface area contributed by atoms with E-state index in [0.29, 0.717) is 5.56 Å². The minimum atomic E-state index is -0.525. The summed E-state index contributed by atoms with van der Waals surface area (Å²) in [5.74, 6) is -1.01. The van der Waals surface area contributed by atoms with Gasteiger partial charge < -0.3 is 4.74 Å². The Morgan fingerprint density at radius 1 is 1.60 bits per heavy atom. The zero-order valence-electron chi connectivity index (χ0n) is 8.03. The maximum absolute atomic E-state index is 12.7. The predicted molar refractivity (Wildman–Crippen MR) is 52.2 cm³/mol. The first-order valence-electron chi connectivity index (χ1n) is 4.13. The number of hydrogen-bond donors (Lipinski definition) is 0. The number of methoxy groups -OCH3 is 1. The second-order valence-electron chi connectivity index (χ2n) is 2.70. The molecule has 0 atom stereocenters. The van der Waals surface area contributed by atoms with Gasteiger partial charge in [-0.2, -0.15) is 5.26 Å². The molecule has 4 heteroatoms. The van der Waals surface area contributed by atoms with Gasteiger partial charge in [0.25, 0.3) is 0 Å². The maximum Gasteiger partial charge on any atom is 0.330 e. The average molecular weight is 205 g/mol. The van der Waals surface area contributed by atoms with E-state index >= 15 is 0 Å². The highest BCUT2D eigenvalue weighted by molar-refractivity contribution is 5.87. The van der Waals surface area contributed by atoms with Crippen LogP contribution in [0.3, 0.4) is 0 Å². The largest absolute Gasteiger partial charge is 0.466 e. The Hall–Kier alpha value is -2.15. The van der Waals surface area contributed by atoms with E-state index in [-0.39, 0.29) is 5.56 Å². The fourth-order valence-corrected chi connectivity index (χ4v) is 0.997. The van der Waals surface area contributed by atoms with E-state index < -0.39 is 11.8 Å². The Morgan fingerprint density at radius 2 is 2.33 bits per heavy atom. The van der Waals surface area contributed by atoms with E-state index in [4.69, 9.17) is 5.26 Å². The van der Waals surface area contributed by atoms with E-state index in [0.717, 1.165) is 6.07 Å². The zero-order chi connectivity index (χ0) is 11.3. The molecule has 0 spiro atoms. The third-order valence-electron chi connectivity index (χ3n) is 1.74. The highest BCUT2D eigenvalue weighted by Gasteiger charge is 2.01. The fourth-order valence-electron chi connectivity index (χ4n) is 0.997. The Balaban J connectivity index is 3.01. The van der Waals surface area contributed by atoms with Crippen molar-refractivity contribution < 1.29 is 13.9 Å².